The van der Waals surface area contributed by atoms with Crippen molar-refractivity contribution < 1.29 is 4.79 Å². The van der Waals surface area contributed by atoms with Gasteiger partial charge in [-0.15, -0.1) is 0 Å². The minimum absolute atomic E-state index is 0.0610. The first-order valence-electron chi connectivity index (χ1n) is 13.6. The van der Waals surface area contributed by atoms with Gasteiger partial charge in [0.2, 0.25) is 0 Å². The van der Waals surface area contributed by atoms with Crippen molar-refractivity contribution in [2.24, 2.45) is 0 Å². The molecule has 0 radical (unpaired) electrons. The maximum Gasteiger partial charge on any atom is 0.251 e. The van der Waals surface area contributed by atoms with E-state index >= 15 is 0 Å². The van der Waals surface area contributed by atoms with Crippen LogP contribution in [0.5, 0.6) is 0 Å². The fourth-order valence-electron chi connectivity index (χ4n) is 4.88. The molecule has 206 valence electrons. The van der Waals surface area contributed by atoms with E-state index in [1.165, 1.54) is 11.1 Å². The standard InChI is InChI=1S/C32H34ClN5OS/c1-37-18-20-38(21-19-37)30-22-29(33)35-32(36-30)40-23-24-12-14-27(15-13-24)31(39)34-17-16-28(25-8-4-2-5-9-25)26-10-6-3-7-11-26/h2-15,22,28H,16-21,23H2,1H3,(H,34,39). The molecule has 2 heterocycles. The Labute approximate surface area is 245 Å². The Hall–Kier alpha value is -3.39. The first-order chi connectivity index (χ1) is 19.5. The zero-order chi connectivity index (χ0) is 27.7. The largest absolute Gasteiger partial charge is 0.354 e. The number of nitrogens with one attached hydrogen (secondary N) is 1. The fraction of sp³-hybridized carbons (Fsp3) is 0.281. The van der Waals surface area contributed by atoms with Crippen molar-refractivity contribution in [2.75, 3.05) is 44.7 Å². The van der Waals surface area contributed by atoms with Crippen molar-refractivity contribution in [1.29, 1.82) is 0 Å². The number of rotatable bonds is 10. The molecule has 1 aliphatic heterocycles. The second kappa shape index (κ2) is 13.8. The summed E-state index contributed by atoms with van der Waals surface area (Å²) in [6, 6.07) is 30.5. The van der Waals surface area contributed by atoms with E-state index in [9.17, 15) is 4.79 Å². The Kier molecular flexibility index (Phi) is 9.71. The SMILES string of the molecule is CN1CCN(c2cc(Cl)nc(SCc3ccc(C(=O)NCCC(c4ccccc4)c4ccccc4)cc3)n2)CC1. The van der Waals surface area contributed by atoms with Gasteiger partial charge < -0.3 is 15.1 Å². The van der Waals surface area contributed by atoms with Gasteiger partial charge in [-0.3, -0.25) is 4.79 Å². The van der Waals surface area contributed by atoms with Crippen molar-refractivity contribution in [3.05, 3.63) is 118 Å². The molecule has 1 N–H and O–H groups in total. The van der Waals surface area contributed by atoms with E-state index in [4.69, 9.17) is 16.6 Å². The Bertz CT molecular complexity index is 1340. The van der Waals surface area contributed by atoms with Crippen LogP contribution < -0.4 is 10.2 Å². The summed E-state index contributed by atoms with van der Waals surface area (Å²) in [5.74, 6) is 1.74. The minimum Gasteiger partial charge on any atom is -0.354 e. The van der Waals surface area contributed by atoms with Crippen molar-refractivity contribution in [2.45, 2.75) is 23.2 Å². The number of benzene rings is 3. The summed E-state index contributed by atoms with van der Waals surface area (Å²) in [5, 5.41) is 4.23. The predicted molar refractivity (Wildman–Crippen MR) is 164 cm³/mol. The number of piperazine rings is 1. The van der Waals surface area contributed by atoms with Crippen LogP contribution in [0, 0.1) is 0 Å². The summed E-state index contributed by atoms with van der Waals surface area (Å²) in [7, 11) is 2.13. The molecule has 0 bridgehead atoms. The smallest absolute Gasteiger partial charge is 0.251 e. The topological polar surface area (TPSA) is 61.4 Å². The van der Waals surface area contributed by atoms with Gasteiger partial charge in [0.15, 0.2) is 5.16 Å². The Balaban J connectivity index is 1.14. The van der Waals surface area contributed by atoms with Crippen molar-refractivity contribution in [3.8, 4) is 0 Å². The molecule has 1 aromatic heterocycles. The van der Waals surface area contributed by atoms with Crippen molar-refractivity contribution in [3.63, 3.8) is 0 Å². The van der Waals surface area contributed by atoms with Gasteiger partial charge in [-0.05, 0) is 42.3 Å². The zero-order valence-corrected chi connectivity index (χ0v) is 24.2. The lowest BCUT2D eigenvalue weighted by atomic mass is 9.88. The lowest BCUT2D eigenvalue weighted by Gasteiger charge is -2.33. The number of hydrogen-bond donors (Lipinski definition) is 1. The maximum atomic E-state index is 12.9. The Morgan fingerprint density at radius 1 is 0.900 bits per heavy atom. The number of carbonyl (C=O) groups excluding carboxylic acids is 1. The summed E-state index contributed by atoms with van der Waals surface area (Å²) in [4.78, 5) is 26.6. The van der Waals surface area contributed by atoms with Crippen LogP contribution in [-0.4, -0.2) is 60.5 Å². The van der Waals surface area contributed by atoms with Crippen LogP contribution in [0.3, 0.4) is 0 Å². The number of anilines is 1. The number of aromatic nitrogens is 2. The highest BCUT2D eigenvalue weighted by molar-refractivity contribution is 7.98. The summed E-state index contributed by atoms with van der Waals surface area (Å²) >= 11 is 7.87. The summed E-state index contributed by atoms with van der Waals surface area (Å²) in [6.07, 6.45) is 0.824. The molecule has 0 aliphatic carbocycles. The number of amides is 1. The highest BCUT2D eigenvalue weighted by Gasteiger charge is 2.18. The predicted octanol–water partition coefficient (Wildman–Crippen LogP) is 6.13. The second-order valence-corrected chi connectivity index (χ2v) is 11.4. The fourth-order valence-corrected chi connectivity index (χ4v) is 5.91. The van der Waals surface area contributed by atoms with Crippen LogP contribution >= 0.6 is 23.4 Å². The molecule has 1 aliphatic rings. The van der Waals surface area contributed by atoms with Gasteiger partial charge in [-0.2, -0.15) is 0 Å². The highest BCUT2D eigenvalue weighted by atomic mass is 35.5. The molecule has 3 aromatic carbocycles. The van der Waals surface area contributed by atoms with Crippen molar-refractivity contribution >= 4 is 35.1 Å². The molecule has 6 nitrogen and oxygen atoms in total. The molecule has 0 unspecified atom stereocenters. The first kappa shape index (κ1) is 28.1. The normalized spacial score (nSPS) is 13.9. The number of likely N-dealkylation sites (N-methyl/N-ethyl adjacent to an activating group) is 1. The average molecular weight is 572 g/mol. The van der Waals surface area contributed by atoms with Crippen LogP contribution in [0.15, 0.2) is 96.2 Å². The molecule has 0 saturated carbocycles. The number of thioether (sulfide) groups is 1. The highest BCUT2D eigenvalue weighted by Crippen LogP contribution is 2.28. The van der Waals surface area contributed by atoms with Gasteiger partial charge >= 0.3 is 0 Å². The number of hydrogen-bond acceptors (Lipinski definition) is 6. The molecule has 1 saturated heterocycles. The zero-order valence-electron chi connectivity index (χ0n) is 22.7. The van der Waals surface area contributed by atoms with Gasteiger partial charge in [-0.25, -0.2) is 9.97 Å². The van der Waals surface area contributed by atoms with Gasteiger partial charge in [-0.1, -0.05) is 96.2 Å². The van der Waals surface area contributed by atoms with E-state index in [-0.39, 0.29) is 11.8 Å². The first-order valence-corrected chi connectivity index (χ1v) is 15.0. The Morgan fingerprint density at radius 3 is 2.15 bits per heavy atom. The van der Waals surface area contributed by atoms with E-state index in [1.54, 1.807) is 11.8 Å². The van der Waals surface area contributed by atoms with E-state index in [2.05, 4.69) is 75.7 Å². The third kappa shape index (κ3) is 7.62. The average Bonchev–Trinajstić information content (AvgIpc) is 2.99. The summed E-state index contributed by atoms with van der Waals surface area (Å²) in [5.41, 5.74) is 4.26. The molecule has 1 amide bonds. The van der Waals surface area contributed by atoms with Crippen LogP contribution in [-0.2, 0) is 5.75 Å². The summed E-state index contributed by atoms with van der Waals surface area (Å²) in [6.45, 7) is 4.45. The quantitative estimate of drug-likeness (QED) is 0.140. The maximum absolute atomic E-state index is 12.9. The summed E-state index contributed by atoms with van der Waals surface area (Å²) < 4.78 is 0. The lowest BCUT2D eigenvalue weighted by molar-refractivity contribution is 0.0953. The van der Waals surface area contributed by atoms with Crippen LogP contribution in [0.1, 0.15) is 39.4 Å². The third-order valence-corrected chi connectivity index (χ3v) is 8.31. The molecule has 4 aromatic rings. The molecule has 0 atom stereocenters. The van der Waals surface area contributed by atoms with Gasteiger partial charge in [0.25, 0.3) is 5.91 Å². The number of carbonyl (C=O) groups is 1. The molecule has 5 rings (SSSR count). The van der Waals surface area contributed by atoms with Crippen molar-refractivity contribution in [1.82, 2.24) is 20.2 Å². The molecule has 40 heavy (non-hydrogen) atoms. The second-order valence-electron chi connectivity index (χ2n) is 10.0. The van der Waals surface area contributed by atoms with Gasteiger partial charge in [0.1, 0.15) is 11.0 Å². The molecule has 1 fully saturated rings. The lowest BCUT2D eigenvalue weighted by Crippen LogP contribution is -2.44. The molecular formula is C32H34ClN5OS. The van der Waals surface area contributed by atoms with Crippen LogP contribution in [0.4, 0.5) is 5.82 Å². The van der Waals surface area contributed by atoms with Crippen LogP contribution in [0.2, 0.25) is 5.15 Å². The number of nitrogens with zero attached hydrogens (tertiary/aromatic N) is 4. The van der Waals surface area contributed by atoms with E-state index in [0.717, 1.165) is 44.0 Å². The number of halogens is 1. The minimum atomic E-state index is -0.0610. The van der Waals surface area contributed by atoms with Gasteiger partial charge in [0, 0.05) is 56.0 Å². The molecule has 0 spiro atoms. The monoisotopic (exact) mass is 571 g/mol. The van der Waals surface area contributed by atoms with E-state index in [0.29, 0.717) is 28.2 Å². The van der Waals surface area contributed by atoms with Crippen LogP contribution in [0.25, 0.3) is 0 Å². The van der Waals surface area contributed by atoms with E-state index < -0.39 is 0 Å². The third-order valence-electron chi connectivity index (χ3n) is 7.19. The molecular weight excluding hydrogens is 538 g/mol. The van der Waals surface area contributed by atoms with Gasteiger partial charge in [0.05, 0.1) is 0 Å². The van der Waals surface area contributed by atoms with E-state index in [1.807, 2.05) is 42.5 Å². The Morgan fingerprint density at radius 2 is 1.52 bits per heavy atom. The molecule has 8 heteroatoms.